The molecule has 0 aliphatic heterocycles. The molecule has 0 unspecified atom stereocenters. The number of carboxylic acids is 1. The topological polar surface area (TPSA) is 75.6 Å². The molecule has 0 bridgehead atoms. The first-order valence-corrected chi connectivity index (χ1v) is 6.14. The van der Waals surface area contributed by atoms with Crippen molar-refractivity contribution in [2.45, 2.75) is 12.5 Å². The Morgan fingerprint density at radius 1 is 1.30 bits per heavy atom. The summed E-state index contributed by atoms with van der Waals surface area (Å²) in [5, 5.41) is 13.3. The molecule has 2 aromatic carbocycles. The number of carboxylic acid groups (broad SMARTS) is 1. The first-order chi connectivity index (χ1) is 9.67. The number of amides is 1. The van der Waals surface area contributed by atoms with Crippen LogP contribution in [0.2, 0.25) is 0 Å². The molecule has 0 heterocycles. The summed E-state index contributed by atoms with van der Waals surface area (Å²) in [6.45, 7) is 0. The van der Waals surface area contributed by atoms with Gasteiger partial charge in [-0.1, -0.05) is 30.3 Å². The van der Waals surface area contributed by atoms with E-state index in [9.17, 15) is 9.59 Å². The van der Waals surface area contributed by atoms with E-state index in [-0.39, 0.29) is 6.42 Å². The minimum atomic E-state index is -0.968. The molecule has 0 spiro atoms. The van der Waals surface area contributed by atoms with Gasteiger partial charge in [0.1, 0.15) is 5.75 Å². The smallest absolute Gasteiger partial charge is 0.305 e. The van der Waals surface area contributed by atoms with Crippen LogP contribution in [0.1, 0.15) is 18.0 Å². The first kappa shape index (κ1) is 13.9. The number of carbonyl (C=O) groups excluding carboxylic acids is 1. The molecule has 0 radical (unpaired) electrons. The standard InChI is InChI=1S/C15H15NO4/c1-20-14-7-6-11(10-4-2-3-5-12(10)14)13(16-9-17)8-15(18)19/h2-7,9,13H,8H2,1H3,(H,16,17)(H,18,19)/t13-/m0/s1. The van der Waals surface area contributed by atoms with Gasteiger partial charge in [-0.05, 0) is 17.0 Å². The highest BCUT2D eigenvalue weighted by Gasteiger charge is 2.18. The van der Waals surface area contributed by atoms with E-state index in [4.69, 9.17) is 9.84 Å². The third-order valence-corrected chi connectivity index (χ3v) is 3.16. The van der Waals surface area contributed by atoms with Crippen molar-refractivity contribution in [2.75, 3.05) is 7.11 Å². The summed E-state index contributed by atoms with van der Waals surface area (Å²) in [4.78, 5) is 21.6. The van der Waals surface area contributed by atoms with E-state index in [0.29, 0.717) is 12.2 Å². The normalized spacial score (nSPS) is 11.8. The van der Waals surface area contributed by atoms with Crippen molar-refractivity contribution >= 4 is 23.2 Å². The van der Waals surface area contributed by atoms with E-state index in [1.54, 1.807) is 19.2 Å². The minimum Gasteiger partial charge on any atom is -0.496 e. The fourth-order valence-corrected chi connectivity index (χ4v) is 2.29. The fourth-order valence-electron chi connectivity index (χ4n) is 2.29. The highest BCUT2D eigenvalue weighted by atomic mass is 16.5. The van der Waals surface area contributed by atoms with Crippen molar-refractivity contribution in [3.05, 3.63) is 42.0 Å². The summed E-state index contributed by atoms with van der Waals surface area (Å²) in [6.07, 6.45) is 0.349. The molecule has 0 saturated heterocycles. The maximum absolute atomic E-state index is 10.9. The summed E-state index contributed by atoms with van der Waals surface area (Å²) in [7, 11) is 1.58. The molecule has 20 heavy (non-hydrogen) atoms. The molecule has 0 fully saturated rings. The minimum absolute atomic E-state index is 0.172. The third-order valence-electron chi connectivity index (χ3n) is 3.16. The lowest BCUT2D eigenvalue weighted by atomic mass is 9.96. The summed E-state index contributed by atoms with van der Waals surface area (Å²) in [5.41, 5.74) is 0.760. The van der Waals surface area contributed by atoms with Crippen molar-refractivity contribution in [3.8, 4) is 5.75 Å². The summed E-state index contributed by atoms with van der Waals surface area (Å²) < 4.78 is 5.30. The van der Waals surface area contributed by atoms with E-state index in [1.807, 2.05) is 24.3 Å². The Bertz CT molecular complexity index is 639. The maximum atomic E-state index is 10.9. The molecular formula is C15H15NO4. The fraction of sp³-hybridized carbons (Fsp3) is 0.200. The van der Waals surface area contributed by atoms with Gasteiger partial charge in [0.05, 0.1) is 19.6 Å². The lowest BCUT2D eigenvalue weighted by Crippen LogP contribution is -2.22. The van der Waals surface area contributed by atoms with E-state index < -0.39 is 12.0 Å². The Morgan fingerprint density at radius 2 is 2.00 bits per heavy atom. The van der Waals surface area contributed by atoms with Crippen LogP contribution < -0.4 is 10.1 Å². The zero-order valence-electron chi connectivity index (χ0n) is 11.0. The van der Waals surface area contributed by atoms with Gasteiger partial charge in [0.2, 0.25) is 6.41 Å². The largest absolute Gasteiger partial charge is 0.496 e. The number of nitrogens with one attached hydrogen (secondary N) is 1. The van der Waals surface area contributed by atoms with E-state index in [2.05, 4.69) is 5.32 Å². The molecule has 5 nitrogen and oxygen atoms in total. The summed E-state index contributed by atoms with van der Waals surface area (Å²) >= 11 is 0. The Hall–Kier alpha value is -2.56. The van der Waals surface area contributed by atoms with Crippen LogP contribution >= 0.6 is 0 Å². The van der Waals surface area contributed by atoms with Crippen molar-refractivity contribution in [3.63, 3.8) is 0 Å². The Morgan fingerprint density at radius 3 is 2.60 bits per heavy atom. The predicted molar refractivity (Wildman–Crippen MR) is 74.7 cm³/mol. The number of aliphatic carboxylic acids is 1. The Kier molecular flexibility index (Phi) is 4.20. The van der Waals surface area contributed by atoms with Crippen LogP contribution in [-0.4, -0.2) is 24.6 Å². The van der Waals surface area contributed by atoms with Crippen molar-refractivity contribution in [1.82, 2.24) is 5.32 Å². The number of rotatable bonds is 6. The van der Waals surface area contributed by atoms with Gasteiger partial charge < -0.3 is 15.2 Å². The number of carbonyl (C=O) groups is 2. The second-order valence-corrected chi connectivity index (χ2v) is 4.34. The molecule has 0 aliphatic rings. The molecule has 2 rings (SSSR count). The molecule has 0 aliphatic carbocycles. The van der Waals surface area contributed by atoms with Gasteiger partial charge >= 0.3 is 5.97 Å². The van der Waals surface area contributed by atoms with Crippen molar-refractivity contribution < 1.29 is 19.4 Å². The van der Waals surface area contributed by atoms with Gasteiger partial charge in [-0.3, -0.25) is 9.59 Å². The Labute approximate surface area is 116 Å². The number of benzene rings is 2. The van der Waals surface area contributed by atoms with Crippen molar-refractivity contribution in [2.24, 2.45) is 0 Å². The summed E-state index contributed by atoms with van der Waals surface area (Å²) in [6, 6.07) is 10.5. The molecule has 2 aromatic rings. The van der Waals surface area contributed by atoms with Crippen molar-refractivity contribution in [1.29, 1.82) is 0 Å². The lowest BCUT2D eigenvalue weighted by molar-refractivity contribution is -0.137. The van der Waals surface area contributed by atoms with Crippen LogP contribution in [0.25, 0.3) is 10.8 Å². The van der Waals surface area contributed by atoms with E-state index in [1.165, 1.54) is 0 Å². The molecule has 5 heteroatoms. The Balaban J connectivity index is 2.57. The SMILES string of the molecule is COc1ccc([C@H](CC(=O)O)NC=O)c2ccccc12. The molecule has 1 amide bonds. The number of hydrogen-bond acceptors (Lipinski definition) is 3. The number of fused-ring (bicyclic) bond motifs is 1. The number of ether oxygens (including phenoxy) is 1. The van der Waals surface area contributed by atoms with Gasteiger partial charge in [0.15, 0.2) is 0 Å². The van der Waals surface area contributed by atoms with Crippen LogP contribution in [0, 0.1) is 0 Å². The zero-order chi connectivity index (χ0) is 14.5. The second-order valence-electron chi connectivity index (χ2n) is 4.34. The average molecular weight is 273 g/mol. The van der Waals surface area contributed by atoms with Crippen LogP contribution in [0.15, 0.2) is 36.4 Å². The van der Waals surface area contributed by atoms with Crippen LogP contribution in [0.4, 0.5) is 0 Å². The first-order valence-electron chi connectivity index (χ1n) is 6.14. The van der Waals surface area contributed by atoms with Gasteiger partial charge in [-0.25, -0.2) is 0 Å². The van der Waals surface area contributed by atoms with Gasteiger partial charge in [-0.2, -0.15) is 0 Å². The molecule has 1 atom stereocenters. The van der Waals surface area contributed by atoms with E-state index >= 15 is 0 Å². The molecule has 0 aromatic heterocycles. The van der Waals surface area contributed by atoms with Crippen LogP contribution in [0.5, 0.6) is 5.75 Å². The zero-order valence-corrected chi connectivity index (χ0v) is 11.0. The second kappa shape index (κ2) is 6.06. The van der Waals surface area contributed by atoms with Crippen LogP contribution in [-0.2, 0) is 9.59 Å². The molecular weight excluding hydrogens is 258 g/mol. The highest BCUT2D eigenvalue weighted by molar-refractivity contribution is 5.92. The van der Waals surface area contributed by atoms with Gasteiger partial charge in [-0.15, -0.1) is 0 Å². The monoisotopic (exact) mass is 273 g/mol. The van der Waals surface area contributed by atoms with E-state index in [0.717, 1.165) is 16.3 Å². The number of hydrogen-bond donors (Lipinski definition) is 2. The van der Waals surface area contributed by atoms with Gasteiger partial charge in [0.25, 0.3) is 0 Å². The maximum Gasteiger partial charge on any atom is 0.305 e. The molecule has 0 saturated carbocycles. The number of methoxy groups -OCH3 is 1. The highest BCUT2D eigenvalue weighted by Crippen LogP contribution is 2.32. The lowest BCUT2D eigenvalue weighted by Gasteiger charge is -2.18. The van der Waals surface area contributed by atoms with Crippen LogP contribution in [0.3, 0.4) is 0 Å². The van der Waals surface area contributed by atoms with Gasteiger partial charge in [0, 0.05) is 5.39 Å². The predicted octanol–water partition coefficient (Wildman–Crippen LogP) is 2.11. The molecule has 104 valence electrons. The third kappa shape index (κ3) is 2.71. The molecule has 2 N–H and O–H groups in total. The summed E-state index contributed by atoms with van der Waals surface area (Å²) in [5.74, 6) is -0.256. The average Bonchev–Trinajstić information content (AvgIpc) is 2.45. The quantitative estimate of drug-likeness (QED) is 0.790.